The van der Waals surface area contributed by atoms with E-state index in [1.165, 1.54) is 0 Å². The Labute approximate surface area is 92.6 Å². The molecule has 0 unspecified atom stereocenters. The van der Waals surface area contributed by atoms with Gasteiger partial charge in [-0.1, -0.05) is 0 Å². The maximum atomic E-state index is 11.7. The molecule has 88 valence electrons. The van der Waals surface area contributed by atoms with E-state index in [0.29, 0.717) is 6.04 Å². The number of rotatable bonds is 6. The fraction of sp³-hybridized carbons (Fsp3) is 0.909. The average molecular weight is 213 g/mol. The quantitative estimate of drug-likeness (QED) is 0.718. The Morgan fingerprint density at radius 1 is 1.33 bits per heavy atom. The minimum absolute atomic E-state index is 0.110. The molecule has 1 fully saturated rings. The van der Waals surface area contributed by atoms with Crippen LogP contribution in [0.1, 0.15) is 26.2 Å². The third-order valence-electron chi connectivity index (χ3n) is 2.61. The van der Waals surface area contributed by atoms with Gasteiger partial charge in [0, 0.05) is 19.1 Å². The van der Waals surface area contributed by atoms with Crippen LogP contribution in [0, 0.1) is 0 Å². The molecule has 0 heterocycles. The van der Waals surface area contributed by atoms with Gasteiger partial charge in [0.25, 0.3) is 0 Å². The fourth-order valence-corrected chi connectivity index (χ4v) is 1.47. The fourth-order valence-electron chi connectivity index (χ4n) is 1.47. The van der Waals surface area contributed by atoms with Gasteiger partial charge in [-0.25, -0.2) is 4.79 Å². The molecule has 0 aromatic carbocycles. The van der Waals surface area contributed by atoms with Gasteiger partial charge in [-0.2, -0.15) is 0 Å². The van der Waals surface area contributed by atoms with Gasteiger partial charge < -0.3 is 15.1 Å². The Morgan fingerprint density at radius 3 is 2.47 bits per heavy atom. The summed E-state index contributed by atoms with van der Waals surface area (Å²) in [5.74, 6) is 0. The van der Waals surface area contributed by atoms with E-state index >= 15 is 0 Å². The SMILES string of the molecule is CCN(CCCN(C)C)C(=O)NC1CC1. The molecule has 1 aliphatic carbocycles. The van der Waals surface area contributed by atoms with Crippen molar-refractivity contribution in [2.24, 2.45) is 0 Å². The van der Waals surface area contributed by atoms with E-state index in [1.807, 2.05) is 11.8 Å². The number of urea groups is 1. The summed E-state index contributed by atoms with van der Waals surface area (Å²) in [6.07, 6.45) is 3.35. The predicted molar refractivity (Wildman–Crippen MR) is 62.0 cm³/mol. The van der Waals surface area contributed by atoms with Crippen LogP contribution < -0.4 is 5.32 Å². The maximum Gasteiger partial charge on any atom is 0.317 e. The van der Waals surface area contributed by atoms with Gasteiger partial charge in [-0.05, 0) is 46.8 Å². The lowest BCUT2D eigenvalue weighted by molar-refractivity contribution is 0.197. The van der Waals surface area contributed by atoms with E-state index in [1.54, 1.807) is 0 Å². The molecule has 1 N–H and O–H groups in total. The van der Waals surface area contributed by atoms with Gasteiger partial charge in [0.15, 0.2) is 0 Å². The van der Waals surface area contributed by atoms with Crippen LogP contribution in [0.5, 0.6) is 0 Å². The molecule has 0 bridgehead atoms. The van der Waals surface area contributed by atoms with Crippen LogP contribution in [-0.4, -0.2) is 55.6 Å². The summed E-state index contributed by atoms with van der Waals surface area (Å²) in [4.78, 5) is 15.7. The van der Waals surface area contributed by atoms with Gasteiger partial charge in [-0.3, -0.25) is 0 Å². The minimum atomic E-state index is 0.110. The van der Waals surface area contributed by atoms with Gasteiger partial charge in [0.05, 0.1) is 0 Å². The van der Waals surface area contributed by atoms with Crippen LogP contribution in [0.15, 0.2) is 0 Å². The highest BCUT2D eigenvalue weighted by Gasteiger charge is 2.25. The summed E-state index contributed by atoms with van der Waals surface area (Å²) in [6.45, 7) is 4.72. The molecule has 2 amide bonds. The van der Waals surface area contributed by atoms with Crippen molar-refractivity contribution < 1.29 is 4.79 Å². The number of hydrogen-bond acceptors (Lipinski definition) is 2. The zero-order valence-corrected chi connectivity index (χ0v) is 10.1. The maximum absolute atomic E-state index is 11.7. The Balaban J connectivity index is 2.17. The lowest BCUT2D eigenvalue weighted by Crippen LogP contribution is -2.41. The largest absolute Gasteiger partial charge is 0.335 e. The lowest BCUT2D eigenvalue weighted by Gasteiger charge is -2.22. The molecule has 0 aromatic heterocycles. The molecule has 4 nitrogen and oxygen atoms in total. The lowest BCUT2D eigenvalue weighted by atomic mass is 10.3. The van der Waals surface area contributed by atoms with E-state index in [0.717, 1.165) is 38.9 Å². The molecule has 0 radical (unpaired) electrons. The molecule has 1 aliphatic rings. The van der Waals surface area contributed by atoms with Crippen LogP contribution in [0.2, 0.25) is 0 Å². The summed E-state index contributed by atoms with van der Waals surface area (Å²) < 4.78 is 0. The van der Waals surface area contributed by atoms with E-state index < -0.39 is 0 Å². The second-order valence-electron chi connectivity index (χ2n) is 4.46. The van der Waals surface area contributed by atoms with Crippen molar-refractivity contribution in [3.05, 3.63) is 0 Å². The summed E-state index contributed by atoms with van der Waals surface area (Å²) in [5.41, 5.74) is 0. The topological polar surface area (TPSA) is 35.6 Å². The normalized spacial score (nSPS) is 15.5. The van der Waals surface area contributed by atoms with Gasteiger partial charge in [-0.15, -0.1) is 0 Å². The molecular weight excluding hydrogens is 190 g/mol. The molecule has 0 aliphatic heterocycles. The van der Waals surface area contributed by atoms with Crippen LogP contribution in [0.4, 0.5) is 4.79 Å². The van der Waals surface area contributed by atoms with Crippen LogP contribution in [0.25, 0.3) is 0 Å². The van der Waals surface area contributed by atoms with Crippen molar-refractivity contribution in [1.29, 1.82) is 0 Å². The smallest absolute Gasteiger partial charge is 0.317 e. The Morgan fingerprint density at radius 2 is 2.00 bits per heavy atom. The van der Waals surface area contributed by atoms with Gasteiger partial charge in [0.2, 0.25) is 0 Å². The van der Waals surface area contributed by atoms with Crippen molar-refractivity contribution in [3.63, 3.8) is 0 Å². The van der Waals surface area contributed by atoms with Crippen molar-refractivity contribution >= 4 is 6.03 Å². The summed E-state index contributed by atoms with van der Waals surface area (Å²) in [7, 11) is 4.11. The molecule has 0 spiro atoms. The summed E-state index contributed by atoms with van der Waals surface area (Å²) in [6, 6.07) is 0.569. The summed E-state index contributed by atoms with van der Waals surface area (Å²) in [5, 5.41) is 3.02. The van der Waals surface area contributed by atoms with Gasteiger partial charge in [0.1, 0.15) is 0 Å². The van der Waals surface area contributed by atoms with Crippen molar-refractivity contribution in [3.8, 4) is 0 Å². The molecule has 0 saturated heterocycles. The van der Waals surface area contributed by atoms with Crippen molar-refractivity contribution in [2.45, 2.75) is 32.2 Å². The van der Waals surface area contributed by atoms with Crippen molar-refractivity contribution in [1.82, 2.24) is 15.1 Å². The number of carbonyl (C=O) groups is 1. The molecule has 0 atom stereocenters. The third-order valence-corrected chi connectivity index (χ3v) is 2.61. The molecule has 15 heavy (non-hydrogen) atoms. The summed E-state index contributed by atoms with van der Waals surface area (Å²) >= 11 is 0. The zero-order chi connectivity index (χ0) is 11.3. The van der Waals surface area contributed by atoms with Crippen LogP contribution in [-0.2, 0) is 0 Å². The minimum Gasteiger partial charge on any atom is -0.335 e. The number of amides is 2. The third kappa shape index (κ3) is 5.02. The van der Waals surface area contributed by atoms with Gasteiger partial charge >= 0.3 is 6.03 Å². The number of hydrogen-bond donors (Lipinski definition) is 1. The van der Waals surface area contributed by atoms with E-state index in [9.17, 15) is 4.79 Å². The van der Waals surface area contributed by atoms with E-state index in [4.69, 9.17) is 0 Å². The molecule has 0 aromatic rings. The Bertz CT molecular complexity index is 202. The first-order valence-corrected chi connectivity index (χ1v) is 5.83. The number of carbonyl (C=O) groups excluding carboxylic acids is 1. The van der Waals surface area contributed by atoms with E-state index in [2.05, 4.69) is 24.3 Å². The average Bonchev–Trinajstić information content (AvgIpc) is 2.95. The highest BCUT2D eigenvalue weighted by molar-refractivity contribution is 5.74. The standard InChI is InChI=1S/C11H23N3O/c1-4-14(9-5-8-13(2)3)11(15)12-10-6-7-10/h10H,4-9H2,1-3H3,(H,12,15). The second kappa shape index (κ2) is 5.95. The highest BCUT2D eigenvalue weighted by Crippen LogP contribution is 2.18. The number of nitrogens with one attached hydrogen (secondary N) is 1. The first-order valence-electron chi connectivity index (χ1n) is 5.83. The second-order valence-corrected chi connectivity index (χ2v) is 4.46. The van der Waals surface area contributed by atoms with Crippen LogP contribution >= 0.6 is 0 Å². The first-order chi connectivity index (χ1) is 7.13. The zero-order valence-electron chi connectivity index (χ0n) is 10.1. The number of nitrogens with zero attached hydrogens (tertiary/aromatic N) is 2. The monoisotopic (exact) mass is 213 g/mol. The van der Waals surface area contributed by atoms with E-state index in [-0.39, 0.29) is 6.03 Å². The first kappa shape index (κ1) is 12.3. The highest BCUT2D eigenvalue weighted by atomic mass is 16.2. The predicted octanol–water partition coefficient (Wildman–Crippen LogP) is 1.13. The molecule has 4 heteroatoms. The molecule has 1 rings (SSSR count). The Hall–Kier alpha value is -0.770. The molecule has 1 saturated carbocycles. The molecular formula is C11H23N3O. The van der Waals surface area contributed by atoms with Crippen LogP contribution in [0.3, 0.4) is 0 Å². The Kier molecular flexibility index (Phi) is 4.88. The van der Waals surface area contributed by atoms with Crippen molar-refractivity contribution in [2.75, 3.05) is 33.7 Å².